The zero-order valence-electron chi connectivity index (χ0n) is 8.63. The van der Waals surface area contributed by atoms with E-state index in [4.69, 9.17) is 5.26 Å². The summed E-state index contributed by atoms with van der Waals surface area (Å²) < 4.78 is 0. The average molecular weight is 182 g/mol. The molecule has 0 saturated carbocycles. The first-order valence-electron chi connectivity index (χ1n) is 4.76. The minimum absolute atomic E-state index is 0.0369. The Balaban J connectivity index is 3.68. The van der Waals surface area contributed by atoms with Gasteiger partial charge in [-0.3, -0.25) is 4.79 Å². The molecule has 0 heterocycles. The summed E-state index contributed by atoms with van der Waals surface area (Å²) in [6.07, 6.45) is 2.07. The van der Waals surface area contributed by atoms with Gasteiger partial charge in [0.1, 0.15) is 6.42 Å². The molecule has 2 unspecified atom stereocenters. The second-order valence-electron chi connectivity index (χ2n) is 3.55. The van der Waals surface area contributed by atoms with E-state index < -0.39 is 0 Å². The van der Waals surface area contributed by atoms with Gasteiger partial charge in [-0.25, -0.2) is 0 Å². The number of nitriles is 1. The molecular weight excluding hydrogens is 164 g/mol. The van der Waals surface area contributed by atoms with Crippen molar-refractivity contribution in [1.29, 1.82) is 5.26 Å². The second-order valence-corrected chi connectivity index (χ2v) is 3.55. The maximum Gasteiger partial charge on any atom is 0.234 e. The van der Waals surface area contributed by atoms with Crippen LogP contribution >= 0.6 is 0 Å². The fourth-order valence-corrected chi connectivity index (χ4v) is 1.23. The van der Waals surface area contributed by atoms with Crippen LogP contribution in [0.25, 0.3) is 0 Å². The molecule has 0 rings (SSSR count). The molecule has 0 aromatic rings. The van der Waals surface area contributed by atoms with Crippen LogP contribution in [0.1, 0.15) is 40.0 Å². The summed E-state index contributed by atoms with van der Waals surface area (Å²) in [4.78, 5) is 11.0. The molecule has 13 heavy (non-hydrogen) atoms. The fourth-order valence-electron chi connectivity index (χ4n) is 1.23. The molecule has 3 heteroatoms. The topological polar surface area (TPSA) is 52.9 Å². The lowest BCUT2D eigenvalue weighted by molar-refractivity contribution is -0.120. The molecular formula is C10H18N2O. The van der Waals surface area contributed by atoms with Gasteiger partial charge in [-0.2, -0.15) is 5.26 Å². The second kappa shape index (κ2) is 6.47. The molecule has 1 amide bonds. The summed E-state index contributed by atoms with van der Waals surface area (Å²) >= 11 is 0. The standard InChI is InChI=1S/C10H18N2O/c1-4-8(2)7-9(3)12-10(13)5-6-11/h8-9H,4-5,7H2,1-3H3,(H,12,13). The molecule has 0 saturated heterocycles. The zero-order valence-corrected chi connectivity index (χ0v) is 8.63. The van der Waals surface area contributed by atoms with Crippen LogP contribution in [-0.4, -0.2) is 11.9 Å². The van der Waals surface area contributed by atoms with Crippen LogP contribution in [0.2, 0.25) is 0 Å². The number of carbonyl (C=O) groups excluding carboxylic acids is 1. The Morgan fingerprint density at radius 1 is 1.54 bits per heavy atom. The molecule has 74 valence electrons. The Kier molecular flexibility index (Phi) is 5.96. The SMILES string of the molecule is CCC(C)CC(C)NC(=O)CC#N. The summed E-state index contributed by atoms with van der Waals surface area (Å²) in [5.41, 5.74) is 0. The van der Waals surface area contributed by atoms with Gasteiger partial charge in [0.15, 0.2) is 0 Å². The first kappa shape index (κ1) is 12.0. The van der Waals surface area contributed by atoms with Crippen LogP contribution in [0, 0.1) is 17.2 Å². The van der Waals surface area contributed by atoms with Crippen LogP contribution in [0.4, 0.5) is 0 Å². The molecule has 1 N–H and O–H groups in total. The molecule has 3 nitrogen and oxygen atoms in total. The Morgan fingerprint density at radius 3 is 2.62 bits per heavy atom. The first-order valence-corrected chi connectivity index (χ1v) is 4.76. The molecule has 2 atom stereocenters. The van der Waals surface area contributed by atoms with E-state index in [0.717, 1.165) is 12.8 Å². The summed E-state index contributed by atoms with van der Waals surface area (Å²) in [7, 11) is 0. The van der Waals surface area contributed by atoms with E-state index >= 15 is 0 Å². The third-order valence-electron chi connectivity index (χ3n) is 2.10. The van der Waals surface area contributed by atoms with Crippen LogP contribution in [0.15, 0.2) is 0 Å². The number of nitrogens with zero attached hydrogens (tertiary/aromatic N) is 1. The van der Waals surface area contributed by atoms with Gasteiger partial charge < -0.3 is 5.32 Å². The van der Waals surface area contributed by atoms with Crippen molar-refractivity contribution in [1.82, 2.24) is 5.32 Å². The zero-order chi connectivity index (χ0) is 10.3. The third kappa shape index (κ3) is 6.15. The van der Waals surface area contributed by atoms with Gasteiger partial charge >= 0.3 is 0 Å². The lowest BCUT2D eigenvalue weighted by Crippen LogP contribution is -2.33. The van der Waals surface area contributed by atoms with Crippen LogP contribution < -0.4 is 5.32 Å². The molecule has 0 aliphatic heterocycles. The van der Waals surface area contributed by atoms with Crippen molar-refractivity contribution in [2.75, 3.05) is 0 Å². The quantitative estimate of drug-likeness (QED) is 0.705. The predicted octanol–water partition coefficient (Wildman–Crippen LogP) is 1.84. The summed E-state index contributed by atoms with van der Waals surface area (Å²) in [5, 5.41) is 11.1. The van der Waals surface area contributed by atoms with Crippen molar-refractivity contribution in [3.05, 3.63) is 0 Å². The van der Waals surface area contributed by atoms with E-state index in [9.17, 15) is 4.79 Å². The number of hydrogen-bond donors (Lipinski definition) is 1. The van der Waals surface area contributed by atoms with Crippen LogP contribution in [-0.2, 0) is 4.79 Å². The normalized spacial score (nSPS) is 14.3. The molecule has 0 fully saturated rings. The minimum Gasteiger partial charge on any atom is -0.353 e. The Morgan fingerprint density at radius 2 is 2.15 bits per heavy atom. The van der Waals surface area contributed by atoms with E-state index in [1.54, 1.807) is 0 Å². The van der Waals surface area contributed by atoms with E-state index in [-0.39, 0.29) is 18.4 Å². The number of hydrogen-bond acceptors (Lipinski definition) is 2. The highest BCUT2D eigenvalue weighted by Crippen LogP contribution is 2.09. The van der Waals surface area contributed by atoms with E-state index in [1.165, 1.54) is 0 Å². The Labute approximate surface area is 80.1 Å². The van der Waals surface area contributed by atoms with Crippen LogP contribution in [0.3, 0.4) is 0 Å². The van der Waals surface area contributed by atoms with Gasteiger partial charge in [-0.1, -0.05) is 20.3 Å². The monoisotopic (exact) mass is 182 g/mol. The summed E-state index contributed by atoms with van der Waals surface area (Å²) in [5.74, 6) is 0.454. The Hall–Kier alpha value is -1.04. The lowest BCUT2D eigenvalue weighted by Gasteiger charge is -2.16. The molecule has 0 aromatic heterocycles. The van der Waals surface area contributed by atoms with E-state index in [0.29, 0.717) is 5.92 Å². The first-order chi connectivity index (χ1) is 6.10. The van der Waals surface area contributed by atoms with Crippen molar-refractivity contribution in [3.8, 4) is 6.07 Å². The molecule has 0 radical (unpaired) electrons. The largest absolute Gasteiger partial charge is 0.353 e. The van der Waals surface area contributed by atoms with Crippen molar-refractivity contribution >= 4 is 5.91 Å². The molecule has 0 aliphatic carbocycles. The summed E-state index contributed by atoms with van der Waals surface area (Å²) in [6.45, 7) is 6.27. The van der Waals surface area contributed by atoms with Gasteiger partial charge in [0, 0.05) is 6.04 Å². The van der Waals surface area contributed by atoms with E-state index in [1.807, 2.05) is 13.0 Å². The van der Waals surface area contributed by atoms with Crippen molar-refractivity contribution < 1.29 is 4.79 Å². The van der Waals surface area contributed by atoms with Gasteiger partial charge in [-0.15, -0.1) is 0 Å². The van der Waals surface area contributed by atoms with Gasteiger partial charge in [-0.05, 0) is 19.3 Å². The Bertz CT molecular complexity index is 196. The fraction of sp³-hybridized carbons (Fsp3) is 0.800. The highest BCUT2D eigenvalue weighted by molar-refractivity contribution is 5.78. The molecule has 0 aromatic carbocycles. The lowest BCUT2D eigenvalue weighted by atomic mass is 10.0. The number of amides is 1. The average Bonchev–Trinajstić information content (AvgIpc) is 2.04. The highest BCUT2D eigenvalue weighted by Gasteiger charge is 2.09. The smallest absolute Gasteiger partial charge is 0.234 e. The minimum atomic E-state index is -0.168. The van der Waals surface area contributed by atoms with Crippen molar-refractivity contribution in [2.24, 2.45) is 5.92 Å². The van der Waals surface area contributed by atoms with Crippen molar-refractivity contribution in [2.45, 2.75) is 46.1 Å². The summed E-state index contributed by atoms with van der Waals surface area (Å²) in [6, 6.07) is 2.00. The number of rotatable bonds is 5. The molecule has 0 bridgehead atoms. The maximum atomic E-state index is 11.0. The highest BCUT2D eigenvalue weighted by atomic mass is 16.1. The van der Waals surface area contributed by atoms with Gasteiger partial charge in [0.05, 0.1) is 6.07 Å². The van der Waals surface area contributed by atoms with Gasteiger partial charge in [0.2, 0.25) is 5.91 Å². The molecule has 0 aliphatic rings. The number of carbonyl (C=O) groups is 1. The molecule has 0 spiro atoms. The van der Waals surface area contributed by atoms with Crippen LogP contribution in [0.5, 0.6) is 0 Å². The van der Waals surface area contributed by atoms with E-state index in [2.05, 4.69) is 19.2 Å². The van der Waals surface area contributed by atoms with Crippen molar-refractivity contribution in [3.63, 3.8) is 0 Å². The predicted molar refractivity (Wildman–Crippen MR) is 51.9 cm³/mol. The maximum absolute atomic E-state index is 11.0. The van der Waals surface area contributed by atoms with Gasteiger partial charge in [0.25, 0.3) is 0 Å². The third-order valence-corrected chi connectivity index (χ3v) is 2.10. The number of nitrogens with one attached hydrogen (secondary N) is 1.